The fourth-order valence-corrected chi connectivity index (χ4v) is 2.14. The molecule has 1 aromatic heterocycles. The van der Waals surface area contributed by atoms with Crippen LogP contribution in [0.5, 0.6) is 0 Å². The first-order valence-corrected chi connectivity index (χ1v) is 6.54. The van der Waals surface area contributed by atoms with Crippen LogP contribution in [0.3, 0.4) is 0 Å². The van der Waals surface area contributed by atoms with Crippen molar-refractivity contribution in [2.75, 3.05) is 6.54 Å². The fourth-order valence-electron chi connectivity index (χ4n) is 1.36. The fraction of sp³-hybridized carbons (Fsp3) is 0.143. The van der Waals surface area contributed by atoms with Crippen LogP contribution in [0.25, 0.3) is 0 Å². The Balaban J connectivity index is 1.94. The molecule has 4 heteroatoms. The largest absolute Gasteiger partial charge is 0.320 e. The molecular weight excluding hydrogens is 242 g/mol. The molecule has 1 aromatic carbocycles. The molecule has 0 aliphatic heterocycles. The average molecular weight is 255 g/mol. The number of aromatic nitrogens is 2. The Kier molecular flexibility index (Phi) is 4.77. The van der Waals surface area contributed by atoms with Crippen molar-refractivity contribution in [3.8, 4) is 11.8 Å². The number of rotatable bonds is 3. The molecule has 0 atom stereocenters. The molecule has 2 aromatic rings. The number of nitrogens with zero attached hydrogens (tertiary/aromatic N) is 2. The summed E-state index contributed by atoms with van der Waals surface area (Å²) in [5.41, 5.74) is 7.57. The lowest BCUT2D eigenvalue weighted by Gasteiger charge is -2.01. The van der Waals surface area contributed by atoms with Gasteiger partial charge in [-0.25, -0.2) is 9.97 Å². The highest BCUT2D eigenvalue weighted by Crippen LogP contribution is 2.19. The van der Waals surface area contributed by atoms with Gasteiger partial charge in [0.1, 0.15) is 6.33 Å². The zero-order valence-electron chi connectivity index (χ0n) is 9.84. The second kappa shape index (κ2) is 6.80. The first kappa shape index (κ1) is 12.6. The summed E-state index contributed by atoms with van der Waals surface area (Å²) in [6, 6.07) is 10.1. The van der Waals surface area contributed by atoms with Crippen LogP contribution in [-0.4, -0.2) is 16.5 Å². The van der Waals surface area contributed by atoms with Gasteiger partial charge in [-0.15, -0.1) is 11.8 Å². The molecule has 0 saturated heterocycles. The predicted octanol–water partition coefficient (Wildman–Crippen LogP) is 2.08. The van der Waals surface area contributed by atoms with Gasteiger partial charge < -0.3 is 5.73 Å². The van der Waals surface area contributed by atoms with E-state index in [2.05, 4.69) is 33.9 Å². The van der Waals surface area contributed by atoms with E-state index in [1.165, 1.54) is 5.56 Å². The quantitative estimate of drug-likeness (QED) is 0.518. The minimum atomic E-state index is 0.394. The molecule has 0 spiro atoms. The Labute approximate surface area is 111 Å². The van der Waals surface area contributed by atoms with Gasteiger partial charge in [0.2, 0.25) is 0 Å². The van der Waals surface area contributed by atoms with E-state index < -0.39 is 0 Å². The molecule has 0 amide bonds. The highest BCUT2D eigenvalue weighted by Gasteiger charge is 1.97. The van der Waals surface area contributed by atoms with Crippen LogP contribution in [0.1, 0.15) is 11.1 Å². The average Bonchev–Trinajstić information content (AvgIpc) is 2.45. The second-order valence-electron chi connectivity index (χ2n) is 3.54. The molecule has 0 aliphatic rings. The van der Waals surface area contributed by atoms with Gasteiger partial charge in [-0.1, -0.05) is 24.0 Å². The standard InChI is InChI=1S/C14H13N3S/c15-8-1-2-12-3-5-13(6-4-12)10-18-14-7-9-16-11-17-14/h3-7,9,11H,8,10,15H2. The van der Waals surface area contributed by atoms with Crippen molar-refractivity contribution in [1.82, 2.24) is 9.97 Å². The molecular formula is C14H13N3S. The van der Waals surface area contributed by atoms with Crippen molar-refractivity contribution in [1.29, 1.82) is 0 Å². The van der Waals surface area contributed by atoms with E-state index in [9.17, 15) is 0 Å². The van der Waals surface area contributed by atoms with Crippen LogP contribution in [0.2, 0.25) is 0 Å². The van der Waals surface area contributed by atoms with E-state index in [-0.39, 0.29) is 0 Å². The lowest BCUT2D eigenvalue weighted by molar-refractivity contribution is 1.05. The SMILES string of the molecule is NCC#Cc1ccc(CSc2ccncn2)cc1. The minimum Gasteiger partial charge on any atom is -0.320 e. The van der Waals surface area contributed by atoms with Gasteiger partial charge in [-0.3, -0.25) is 0 Å². The van der Waals surface area contributed by atoms with Crippen LogP contribution in [0.4, 0.5) is 0 Å². The monoisotopic (exact) mass is 255 g/mol. The molecule has 3 nitrogen and oxygen atoms in total. The van der Waals surface area contributed by atoms with Crippen molar-refractivity contribution < 1.29 is 0 Å². The van der Waals surface area contributed by atoms with Crippen LogP contribution >= 0.6 is 11.8 Å². The Morgan fingerprint density at radius 2 is 2.00 bits per heavy atom. The Hall–Kier alpha value is -1.83. The molecule has 0 aliphatic carbocycles. The maximum Gasteiger partial charge on any atom is 0.116 e. The summed E-state index contributed by atoms with van der Waals surface area (Å²) in [6.45, 7) is 0.394. The van der Waals surface area contributed by atoms with Crippen molar-refractivity contribution in [2.24, 2.45) is 5.73 Å². The molecule has 0 radical (unpaired) electrons. The molecule has 90 valence electrons. The van der Waals surface area contributed by atoms with Crippen LogP contribution in [-0.2, 0) is 5.75 Å². The number of benzene rings is 1. The van der Waals surface area contributed by atoms with Gasteiger partial charge in [0.25, 0.3) is 0 Å². The normalized spacial score (nSPS) is 9.61. The smallest absolute Gasteiger partial charge is 0.116 e. The molecule has 1 heterocycles. The number of nitrogens with two attached hydrogens (primary N) is 1. The van der Waals surface area contributed by atoms with Crippen molar-refractivity contribution in [3.63, 3.8) is 0 Å². The first-order valence-electron chi connectivity index (χ1n) is 5.55. The zero-order valence-corrected chi connectivity index (χ0v) is 10.7. The summed E-state index contributed by atoms with van der Waals surface area (Å²) in [4.78, 5) is 8.06. The van der Waals surface area contributed by atoms with E-state index >= 15 is 0 Å². The third-order valence-corrected chi connectivity index (χ3v) is 3.25. The zero-order chi connectivity index (χ0) is 12.6. The molecule has 0 bridgehead atoms. The van der Waals surface area contributed by atoms with E-state index in [4.69, 9.17) is 5.73 Å². The van der Waals surface area contributed by atoms with Crippen molar-refractivity contribution in [2.45, 2.75) is 10.8 Å². The maximum atomic E-state index is 5.33. The molecule has 0 saturated carbocycles. The first-order chi connectivity index (χ1) is 8.88. The molecule has 18 heavy (non-hydrogen) atoms. The lowest BCUT2D eigenvalue weighted by Crippen LogP contribution is -1.93. The number of hydrogen-bond acceptors (Lipinski definition) is 4. The van der Waals surface area contributed by atoms with E-state index in [1.807, 2.05) is 18.2 Å². The second-order valence-corrected chi connectivity index (χ2v) is 4.53. The lowest BCUT2D eigenvalue weighted by atomic mass is 10.1. The topological polar surface area (TPSA) is 51.8 Å². The Morgan fingerprint density at radius 3 is 2.67 bits per heavy atom. The molecule has 0 fully saturated rings. The summed E-state index contributed by atoms with van der Waals surface area (Å²) in [7, 11) is 0. The van der Waals surface area contributed by atoms with Crippen molar-refractivity contribution >= 4 is 11.8 Å². The molecule has 2 N–H and O–H groups in total. The highest BCUT2D eigenvalue weighted by molar-refractivity contribution is 7.98. The summed E-state index contributed by atoms with van der Waals surface area (Å²) in [5.74, 6) is 6.73. The van der Waals surface area contributed by atoms with Gasteiger partial charge in [0.05, 0.1) is 11.6 Å². The predicted molar refractivity (Wildman–Crippen MR) is 74.0 cm³/mol. The number of thioether (sulfide) groups is 1. The summed E-state index contributed by atoms with van der Waals surface area (Å²) < 4.78 is 0. The summed E-state index contributed by atoms with van der Waals surface area (Å²) in [6.07, 6.45) is 3.31. The molecule has 2 rings (SSSR count). The Bertz CT molecular complexity index is 541. The minimum absolute atomic E-state index is 0.394. The number of hydrogen-bond donors (Lipinski definition) is 1. The van der Waals surface area contributed by atoms with Gasteiger partial charge in [0, 0.05) is 17.5 Å². The molecule has 0 unspecified atom stereocenters. The van der Waals surface area contributed by atoms with Gasteiger partial charge in [0.15, 0.2) is 0 Å². The third-order valence-electron chi connectivity index (χ3n) is 2.23. The third kappa shape index (κ3) is 3.88. The summed E-state index contributed by atoms with van der Waals surface area (Å²) >= 11 is 1.69. The maximum absolute atomic E-state index is 5.33. The van der Waals surface area contributed by atoms with Gasteiger partial charge in [-0.2, -0.15) is 0 Å². The summed E-state index contributed by atoms with van der Waals surface area (Å²) in [5, 5.41) is 0.983. The highest BCUT2D eigenvalue weighted by atomic mass is 32.2. The Morgan fingerprint density at radius 1 is 1.17 bits per heavy atom. The van der Waals surface area contributed by atoms with Crippen LogP contribution in [0, 0.1) is 11.8 Å². The van der Waals surface area contributed by atoms with Gasteiger partial charge >= 0.3 is 0 Å². The van der Waals surface area contributed by atoms with Crippen LogP contribution in [0.15, 0.2) is 47.9 Å². The van der Waals surface area contributed by atoms with E-state index in [0.717, 1.165) is 16.3 Å². The van der Waals surface area contributed by atoms with Crippen molar-refractivity contribution in [3.05, 3.63) is 54.0 Å². The van der Waals surface area contributed by atoms with E-state index in [1.54, 1.807) is 24.3 Å². The van der Waals surface area contributed by atoms with Crippen LogP contribution < -0.4 is 5.73 Å². The van der Waals surface area contributed by atoms with E-state index in [0.29, 0.717) is 6.54 Å². The van der Waals surface area contributed by atoms with Gasteiger partial charge in [-0.05, 0) is 23.8 Å².